The predicted octanol–water partition coefficient (Wildman–Crippen LogP) is 3.76. The lowest BCUT2D eigenvalue weighted by atomic mass is 9.99. The van der Waals surface area contributed by atoms with Crippen LogP contribution in [-0.2, 0) is 24.3 Å². The van der Waals surface area contributed by atoms with Crippen LogP contribution in [0, 0.1) is 0 Å². The Balaban J connectivity index is 1.43. The summed E-state index contributed by atoms with van der Waals surface area (Å²) in [4.78, 5) is 19.1. The molecule has 2 aromatic rings. The number of amides is 1. The molecule has 3 rings (SSSR count). The van der Waals surface area contributed by atoms with Gasteiger partial charge in [0.25, 0.3) is 0 Å². The first kappa shape index (κ1) is 21.2. The normalized spacial score (nSPS) is 13.7. The van der Waals surface area contributed by atoms with Gasteiger partial charge < -0.3 is 15.5 Å². The Morgan fingerprint density at radius 3 is 2.76 bits per heavy atom. The fourth-order valence-corrected chi connectivity index (χ4v) is 3.67. The van der Waals surface area contributed by atoms with Gasteiger partial charge >= 0.3 is 0 Å². The Kier molecular flexibility index (Phi) is 7.94. The van der Waals surface area contributed by atoms with E-state index in [-0.39, 0.29) is 5.91 Å². The second-order valence-electron chi connectivity index (χ2n) is 7.19. The van der Waals surface area contributed by atoms with Crippen molar-refractivity contribution in [1.82, 2.24) is 15.5 Å². The van der Waals surface area contributed by atoms with E-state index in [1.54, 1.807) is 0 Å². The summed E-state index contributed by atoms with van der Waals surface area (Å²) in [7, 11) is 0. The van der Waals surface area contributed by atoms with Crippen molar-refractivity contribution in [2.45, 2.75) is 39.3 Å². The van der Waals surface area contributed by atoms with Gasteiger partial charge in [-0.1, -0.05) is 48.0 Å². The molecule has 2 aromatic carbocycles. The van der Waals surface area contributed by atoms with Gasteiger partial charge in [-0.2, -0.15) is 0 Å². The molecule has 0 saturated heterocycles. The fraction of sp³-hybridized carbons (Fsp3) is 0.391. The molecule has 0 radical (unpaired) electrons. The largest absolute Gasteiger partial charge is 0.357 e. The van der Waals surface area contributed by atoms with Crippen LogP contribution in [0.15, 0.2) is 53.5 Å². The second-order valence-corrected chi connectivity index (χ2v) is 7.63. The highest BCUT2D eigenvalue weighted by Gasteiger charge is 2.19. The van der Waals surface area contributed by atoms with Gasteiger partial charge in [0, 0.05) is 37.6 Å². The maximum atomic E-state index is 12.6. The van der Waals surface area contributed by atoms with Crippen LogP contribution in [0.5, 0.6) is 0 Å². The topological polar surface area (TPSA) is 56.7 Å². The van der Waals surface area contributed by atoms with Gasteiger partial charge in [0.05, 0.1) is 6.54 Å². The molecule has 2 N–H and O–H groups in total. The monoisotopic (exact) mass is 412 g/mol. The molecule has 0 unspecified atom stereocenters. The van der Waals surface area contributed by atoms with Crippen molar-refractivity contribution in [2.24, 2.45) is 4.99 Å². The number of hydrogen-bond acceptors (Lipinski definition) is 2. The summed E-state index contributed by atoms with van der Waals surface area (Å²) in [5.41, 5.74) is 3.70. The molecule has 1 heterocycles. The molecule has 0 aromatic heterocycles. The molecule has 0 spiro atoms. The van der Waals surface area contributed by atoms with E-state index in [4.69, 9.17) is 11.6 Å². The lowest BCUT2D eigenvalue weighted by Gasteiger charge is -2.29. The quantitative estimate of drug-likeness (QED) is 0.413. The van der Waals surface area contributed by atoms with Crippen LogP contribution >= 0.6 is 11.6 Å². The first-order chi connectivity index (χ1) is 14.2. The smallest absolute Gasteiger partial charge is 0.222 e. The van der Waals surface area contributed by atoms with Crippen LogP contribution in [0.1, 0.15) is 36.5 Å². The predicted molar refractivity (Wildman–Crippen MR) is 119 cm³/mol. The molecule has 1 aliphatic rings. The van der Waals surface area contributed by atoms with E-state index in [9.17, 15) is 4.79 Å². The van der Waals surface area contributed by atoms with Crippen molar-refractivity contribution in [1.29, 1.82) is 0 Å². The minimum absolute atomic E-state index is 0.224. The van der Waals surface area contributed by atoms with Crippen LogP contribution in [0.25, 0.3) is 0 Å². The SMILES string of the molecule is CCNC(=NCc1cccc(Cl)c1)NCCCC(=O)N1CCc2ccccc2C1. The van der Waals surface area contributed by atoms with Crippen molar-refractivity contribution < 1.29 is 4.79 Å². The third-order valence-corrected chi connectivity index (χ3v) is 5.23. The molecule has 0 fully saturated rings. The molecular weight excluding hydrogens is 384 g/mol. The van der Waals surface area contributed by atoms with Crippen molar-refractivity contribution in [2.75, 3.05) is 19.6 Å². The lowest BCUT2D eigenvalue weighted by molar-refractivity contribution is -0.132. The minimum Gasteiger partial charge on any atom is -0.357 e. The van der Waals surface area contributed by atoms with Crippen LogP contribution in [0.4, 0.5) is 0 Å². The number of rotatable bonds is 7. The number of benzene rings is 2. The first-order valence-electron chi connectivity index (χ1n) is 10.3. The molecule has 0 bridgehead atoms. The molecule has 1 amide bonds. The van der Waals surface area contributed by atoms with Gasteiger partial charge in [0.1, 0.15) is 0 Å². The second kappa shape index (κ2) is 10.9. The third kappa shape index (κ3) is 6.50. The number of guanidine groups is 1. The van der Waals surface area contributed by atoms with Gasteiger partial charge in [-0.15, -0.1) is 0 Å². The van der Waals surface area contributed by atoms with Crippen molar-refractivity contribution >= 4 is 23.5 Å². The van der Waals surface area contributed by atoms with Crippen LogP contribution in [0.2, 0.25) is 5.02 Å². The zero-order valence-electron chi connectivity index (χ0n) is 17.0. The maximum absolute atomic E-state index is 12.6. The lowest BCUT2D eigenvalue weighted by Crippen LogP contribution is -2.39. The van der Waals surface area contributed by atoms with Crippen LogP contribution < -0.4 is 10.6 Å². The number of nitrogens with zero attached hydrogens (tertiary/aromatic N) is 2. The third-order valence-electron chi connectivity index (χ3n) is 5.00. The van der Waals surface area contributed by atoms with Crippen molar-refractivity contribution in [3.8, 4) is 0 Å². The first-order valence-corrected chi connectivity index (χ1v) is 10.6. The van der Waals surface area contributed by atoms with Gasteiger partial charge in [0.15, 0.2) is 5.96 Å². The number of carbonyl (C=O) groups is 1. The van der Waals surface area contributed by atoms with Crippen molar-refractivity contribution in [3.05, 3.63) is 70.2 Å². The molecule has 1 aliphatic heterocycles. The van der Waals surface area contributed by atoms with Crippen LogP contribution in [-0.4, -0.2) is 36.4 Å². The molecule has 5 nitrogen and oxygen atoms in total. The van der Waals surface area contributed by atoms with Gasteiger partial charge in [-0.05, 0) is 48.6 Å². The highest BCUT2D eigenvalue weighted by molar-refractivity contribution is 6.30. The van der Waals surface area contributed by atoms with Crippen molar-refractivity contribution in [3.63, 3.8) is 0 Å². The van der Waals surface area contributed by atoms with E-state index < -0.39 is 0 Å². The number of hydrogen-bond donors (Lipinski definition) is 2. The Morgan fingerprint density at radius 2 is 1.97 bits per heavy atom. The fourth-order valence-electron chi connectivity index (χ4n) is 3.46. The van der Waals surface area contributed by atoms with Gasteiger partial charge in [0.2, 0.25) is 5.91 Å². The summed E-state index contributed by atoms with van der Waals surface area (Å²) in [5, 5.41) is 7.27. The summed E-state index contributed by atoms with van der Waals surface area (Å²) in [6.45, 7) is 5.63. The summed E-state index contributed by atoms with van der Waals surface area (Å²) < 4.78 is 0. The van der Waals surface area contributed by atoms with Gasteiger partial charge in [-0.25, -0.2) is 4.99 Å². The van der Waals surface area contributed by atoms with E-state index in [2.05, 4.69) is 33.8 Å². The van der Waals surface area contributed by atoms with E-state index in [1.807, 2.05) is 42.2 Å². The average Bonchev–Trinajstić information content (AvgIpc) is 2.74. The summed E-state index contributed by atoms with van der Waals surface area (Å²) in [6.07, 6.45) is 2.27. The minimum atomic E-state index is 0.224. The Morgan fingerprint density at radius 1 is 1.14 bits per heavy atom. The zero-order chi connectivity index (χ0) is 20.5. The summed E-state index contributed by atoms with van der Waals surface area (Å²) in [5.74, 6) is 0.981. The Bertz CT molecular complexity index is 852. The number of fused-ring (bicyclic) bond motifs is 1. The molecule has 154 valence electrons. The average molecular weight is 413 g/mol. The number of nitrogens with one attached hydrogen (secondary N) is 2. The maximum Gasteiger partial charge on any atom is 0.222 e. The van der Waals surface area contributed by atoms with E-state index in [0.29, 0.717) is 19.5 Å². The van der Waals surface area contributed by atoms with Gasteiger partial charge in [-0.3, -0.25) is 4.79 Å². The number of carbonyl (C=O) groups excluding carboxylic acids is 1. The molecule has 6 heteroatoms. The summed E-state index contributed by atoms with van der Waals surface area (Å²) >= 11 is 6.03. The highest BCUT2D eigenvalue weighted by Crippen LogP contribution is 2.19. The zero-order valence-corrected chi connectivity index (χ0v) is 17.7. The van der Waals surface area contributed by atoms with E-state index in [1.165, 1.54) is 11.1 Å². The van der Waals surface area contributed by atoms with E-state index in [0.717, 1.165) is 49.0 Å². The molecule has 0 saturated carbocycles. The highest BCUT2D eigenvalue weighted by atomic mass is 35.5. The number of halogens is 1. The molecule has 29 heavy (non-hydrogen) atoms. The molecule has 0 atom stereocenters. The van der Waals surface area contributed by atoms with Crippen LogP contribution in [0.3, 0.4) is 0 Å². The Hall–Kier alpha value is -2.53. The number of aliphatic imine (C=N–C) groups is 1. The standard InChI is InChI=1S/C23H29ClN4O/c1-2-25-23(27-16-18-7-5-10-21(24)15-18)26-13-6-11-22(29)28-14-12-19-8-3-4-9-20(19)17-28/h3-5,7-10,15H,2,6,11-14,16-17H2,1H3,(H2,25,26,27). The Labute approximate surface area is 178 Å². The molecule has 0 aliphatic carbocycles. The van der Waals surface area contributed by atoms with E-state index >= 15 is 0 Å². The summed E-state index contributed by atoms with van der Waals surface area (Å²) in [6, 6.07) is 16.1. The molecular formula is C23H29ClN4O.